The van der Waals surface area contributed by atoms with Crippen LogP contribution in [0.3, 0.4) is 0 Å². The molecule has 1 heterocycles. The second kappa shape index (κ2) is 8.67. The first-order valence-electron chi connectivity index (χ1n) is 8.77. The van der Waals surface area contributed by atoms with E-state index in [0.29, 0.717) is 17.0 Å². The number of halogens is 1. The summed E-state index contributed by atoms with van der Waals surface area (Å²) >= 11 is 0. The lowest BCUT2D eigenvalue weighted by atomic mass is 10.1. The van der Waals surface area contributed by atoms with Crippen LogP contribution >= 0.6 is 0 Å². The molecule has 0 aliphatic heterocycles. The fraction of sp³-hybridized carbons (Fsp3) is 0.238. The van der Waals surface area contributed by atoms with Gasteiger partial charge < -0.3 is 14.6 Å². The molecule has 0 aliphatic rings. The number of aromatic nitrogens is 1. The van der Waals surface area contributed by atoms with Gasteiger partial charge in [0.2, 0.25) is 5.91 Å². The molecule has 0 spiro atoms. The molecule has 0 unspecified atom stereocenters. The molecule has 0 aliphatic carbocycles. The highest BCUT2D eigenvalue weighted by molar-refractivity contribution is 5.83. The Kier molecular flexibility index (Phi) is 6.06. The number of amides is 1. The Labute approximate surface area is 162 Å². The highest BCUT2D eigenvalue weighted by atomic mass is 19.1. The highest BCUT2D eigenvalue weighted by Crippen LogP contribution is 2.24. The van der Waals surface area contributed by atoms with Crippen molar-refractivity contribution in [2.24, 2.45) is 0 Å². The van der Waals surface area contributed by atoms with Crippen molar-refractivity contribution in [1.82, 2.24) is 15.4 Å². The molecular formula is C21H22FN3O3. The molecule has 0 radical (unpaired) electrons. The van der Waals surface area contributed by atoms with Crippen LogP contribution in [0, 0.1) is 5.82 Å². The maximum absolute atomic E-state index is 13.2. The van der Waals surface area contributed by atoms with E-state index in [0.717, 1.165) is 11.3 Å². The molecule has 0 bridgehead atoms. The van der Waals surface area contributed by atoms with E-state index in [-0.39, 0.29) is 18.3 Å². The number of carbonyl (C=O) groups is 1. The summed E-state index contributed by atoms with van der Waals surface area (Å²) in [5.41, 5.74) is 2.14. The number of hydrogen-bond acceptors (Lipinski definition) is 5. The Morgan fingerprint density at radius 1 is 1.21 bits per heavy atom. The second-order valence-corrected chi connectivity index (χ2v) is 6.55. The van der Waals surface area contributed by atoms with Gasteiger partial charge in [-0.05, 0) is 43.9 Å². The normalized spacial score (nSPS) is 12.0. The summed E-state index contributed by atoms with van der Waals surface area (Å²) in [6.07, 6.45) is 0. The topological polar surface area (TPSA) is 67.6 Å². The largest absolute Gasteiger partial charge is 0.497 e. The van der Waals surface area contributed by atoms with Crippen molar-refractivity contribution >= 4 is 5.91 Å². The molecule has 6 nitrogen and oxygen atoms in total. The van der Waals surface area contributed by atoms with Gasteiger partial charge in [0.25, 0.3) is 0 Å². The Morgan fingerprint density at radius 2 is 1.96 bits per heavy atom. The maximum atomic E-state index is 13.2. The molecule has 146 valence electrons. The molecular weight excluding hydrogens is 361 g/mol. The number of methoxy groups -OCH3 is 1. The van der Waals surface area contributed by atoms with E-state index in [1.165, 1.54) is 12.1 Å². The molecule has 1 atom stereocenters. The van der Waals surface area contributed by atoms with Gasteiger partial charge in [0.15, 0.2) is 5.76 Å². The summed E-state index contributed by atoms with van der Waals surface area (Å²) in [5, 5.41) is 6.87. The van der Waals surface area contributed by atoms with Crippen molar-refractivity contribution in [1.29, 1.82) is 0 Å². The molecule has 1 amide bonds. The van der Waals surface area contributed by atoms with Crippen molar-refractivity contribution in [3.05, 3.63) is 71.7 Å². The quantitative estimate of drug-likeness (QED) is 0.677. The van der Waals surface area contributed by atoms with Gasteiger partial charge >= 0.3 is 0 Å². The van der Waals surface area contributed by atoms with Gasteiger partial charge in [0, 0.05) is 11.6 Å². The molecule has 7 heteroatoms. The summed E-state index contributed by atoms with van der Waals surface area (Å²) in [5.74, 6) is 0.764. The Hall–Kier alpha value is -3.19. The predicted octanol–water partition coefficient (Wildman–Crippen LogP) is 3.41. The van der Waals surface area contributed by atoms with Crippen LogP contribution in [0.2, 0.25) is 0 Å². The molecule has 0 saturated heterocycles. The van der Waals surface area contributed by atoms with Gasteiger partial charge in [0.1, 0.15) is 23.3 Å². The molecule has 0 fully saturated rings. The third-order valence-electron chi connectivity index (χ3n) is 4.31. The Balaban J connectivity index is 1.68. The first-order valence-corrected chi connectivity index (χ1v) is 8.77. The minimum absolute atomic E-state index is 0.206. The molecule has 28 heavy (non-hydrogen) atoms. The Morgan fingerprint density at radius 3 is 2.64 bits per heavy atom. The number of nitrogens with zero attached hydrogens (tertiary/aromatic N) is 2. The third kappa shape index (κ3) is 4.55. The smallest absolute Gasteiger partial charge is 0.242 e. The van der Waals surface area contributed by atoms with Crippen LogP contribution < -0.4 is 10.1 Å². The van der Waals surface area contributed by atoms with Crippen LogP contribution in [-0.4, -0.2) is 37.2 Å². The minimum Gasteiger partial charge on any atom is -0.497 e. The number of benzene rings is 2. The fourth-order valence-corrected chi connectivity index (χ4v) is 2.91. The van der Waals surface area contributed by atoms with Gasteiger partial charge in [0.05, 0.1) is 13.7 Å². The van der Waals surface area contributed by atoms with Crippen LogP contribution in [0.15, 0.2) is 59.1 Å². The van der Waals surface area contributed by atoms with Gasteiger partial charge in [-0.1, -0.05) is 29.4 Å². The van der Waals surface area contributed by atoms with Crippen molar-refractivity contribution in [3.8, 4) is 17.1 Å². The maximum Gasteiger partial charge on any atom is 0.242 e. The lowest BCUT2D eigenvalue weighted by Gasteiger charge is -2.23. The summed E-state index contributed by atoms with van der Waals surface area (Å²) in [7, 11) is 5.19. The van der Waals surface area contributed by atoms with Crippen molar-refractivity contribution in [2.45, 2.75) is 12.6 Å². The first-order chi connectivity index (χ1) is 13.5. The zero-order valence-electron chi connectivity index (χ0n) is 16.0. The zero-order valence-corrected chi connectivity index (χ0v) is 16.0. The summed E-state index contributed by atoms with van der Waals surface area (Å²) < 4.78 is 23.8. The van der Waals surface area contributed by atoms with Gasteiger partial charge in [-0.2, -0.15) is 0 Å². The lowest BCUT2D eigenvalue weighted by molar-refractivity contribution is -0.126. The van der Waals surface area contributed by atoms with Crippen molar-refractivity contribution < 1.29 is 18.4 Å². The molecule has 1 N–H and O–H groups in total. The van der Waals surface area contributed by atoms with Gasteiger partial charge in [-0.3, -0.25) is 9.69 Å². The van der Waals surface area contributed by atoms with Crippen molar-refractivity contribution in [3.63, 3.8) is 0 Å². The molecule has 3 rings (SSSR count). The number of rotatable bonds is 7. The molecule has 1 aromatic heterocycles. The SMILES string of the molecule is COc1cccc(-c2cc(CNC(=O)[C@H](c3ccc(F)cc3)N(C)C)no2)c1. The summed E-state index contributed by atoms with van der Waals surface area (Å²) in [4.78, 5) is 14.5. The minimum atomic E-state index is -0.537. The molecule has 2 aromatic carbocycles. The molecule has 0 saturated carbocycles. The second-order valence-electron chi connectivity index (χ2n) is 6.55. The van der Waals surface area contributed by atoms with E-state index in [1.807, 2.05) is 24.3 Å². The van der Waals surface area contributed by atoms with Crippen LogP contribution in [0.1, 0.15) is 17.3 Å². The number of likely N-dealkylation sites (N-methyl/N-ethyl adjacent to an activating group) is 1. The number of hydrogen-bond donors (Lipinski definition) is 1. The van der Waals surface area contributed by atoms with E-state index >= 15 is 0 Å². The van der Waals surface area contributed by atoms with Crippen LogP contribution in [0.4, 0.5) is 4.39 Å². The van der Waals surface area contributed by atoms with Crippen LogP contribution in [-0.2, 0) is 11.3 Å². The third-order valence-corrected chi connectivity index (χ3v) is 4.31. The fourth-order valence-electron chi connectivity index (χ4n) is 2.91. The first kappa shape index (κ1) is 19.6. The average Bonchev–Trinajstić information content (AvgIpc) is 3.17. The summed E-state index contributed by atoms with van der Waals surface area (Å²) in [6, 6.07) is 14.6. The van der Waals surface area contributed by atoms with Gasteiger partial charge in [-0.15, -0.1) is 0 Å². The van der Waals surface area contributed by atoms with E-state index in [2.05, 4.69) is 10.5 Å². The van der Waals surface area contributed by atoms with Crippen LogP contribution in [0.25, 0.3) is 11.3 Å². The molecule has 3 aromatic rings. The Bertz CT molecular complexity index is 938. The monoisotopic (exact) mass is 383 g/mol. The lowest BCUT2D eigenvalue weighted by Crippen LogP contribution is -2.36. The van der Waals surface area contributed by atoms with Crippen molar-refractivity contribution in [2.75, 3.05) is 21.2 Å². The van der Waals surface area contributed by atoms with Crippen LogP contribution in [0.5, 0.6) is 5.75 Å². The predicted molar refractivity (Wildman–Crippen MR) is 103 cm³/mol. The average molecular weight is 383 g/mol. The van der Waals surface area contributed by atoms with E-state index in [4.69, 9.17) is 9.26 Å². The zero-order chi connectivity index (χ0) is 20.1. The standard InChI is InChI=1S/C21H22FN3O3/c1-25(2)20(14-7-9-16(22)10-8-14)21(26)23-13-17-12-19(28-24-17)15-5-4-6-18(11-15)27-3/h4-12,20H,13H2,1-3H3,(H,23,26)/t20-/m0/s1. The number of carbonyl (C=O) groups excluding carboxylic acids is 1. The summed E-state index contributed by atoms with van der Waals surface area (Å²) in [6.45, 7) is 0.220. The van der Waals surface area contributed by atoms with Gasteiger partial charge in [-0.25, -0.2) is 4.39 Å². The number of nitrogens with one attached hydrogen (secondary N) is 1. The number of ether oxygens (including phenoxy) is 1. The van der Waals surface area contributed by atoms with E-state index in [9.17, 15) is 9.18 Å². The highest BCUT2D eigenvalue weighted by Gasteiger charge is 2.23. The van der Waals surface area contributed by atoms with E-state index in [1.54, 1.807) is 44.3 Å². The van der Waals surface area contributed by atoms with E-state index < -0.39 is 6.04 Å².